The molecule has 2 aromatic rings. The molecule has 4 rings (SSSR count). The van der Waals surface area contributed by atoms with E-state index < -0.39 is 0 Å². The minimum Gasteiger partial charge on any atom is -0.378 e. The van der Waals surface area contributed by atoms with E-state index in [1.54, 1.807) is 0 Å². The van der Waals surface area contributed by atoms with E-state index in [1.807, 2.05) is 6.08 Å². The lowest BCUT2D eigenvalue weighted by atomic mass is 9.66. The highest BCUT2D eigenvalue weighted by molar-refractivity contribution is 6.05. The summed E-state index contributed by atoms with van der Waals surface area (Å²) in [5.74, 6) is 0.401. The van der Waals surface area contributed by atoms with Gasteiger partial charge < -0.3 is 5.32 Å². The van der Waals surface area contributed by atoms with Crippen LogP contribution in [0.1, 0.15) is 56.7 Å². The molecule has 0 amide bonds. The topological polar surface area (TPSA) is 12.0 Å². The molecule has 0 fully saturated rings. The van der Waals surface area contributed by atoms with Crippen molar-refractivity contribution in [3.63, 3.8) is 0 Å². The van der Waals surface area contributed by atoms with Crippen molar-refractivity contribution in [3.05, 3.63) is 84.0 Å². The van der Waals surface area contributed by atoms with Crippen molar-refractivity contribution in [2.24, 2.45) is 0 Å². The van der Waals surface area contributed by atoms with Gasteiger partial charge in [0.05, 0.1) is 6.04 Å². The molecule has 1 aliphatic heterocycles. The summed E-state index contributed by atoms with van der Waals surface area (Å²) in [6.07, 6.45) is 9.48. The van der Waals surface area contributed by atoms with Crippen LogP contribution in [0.3, 0.4) is 0 Å². The summed E-state index contributed by atoms with van der Waals surface area (Å²) in [7, 11) is 0. The maximum Gasteiger partial charge on any atom is 0.0508 e. The standard InChI is InChI=1S/C26H29N/c1-7-10-13-18-19(8-2)26(5,6)20-14-11-12-17-15-22-23(25(18)24(17)20)16(4)21(9-3)27-22/h7-12,14-16,21,27H,2-3,13H2,1,4-6H3/b10-7-. The second-order valence-electron chi connectivity index (χ2n) is 8.31. The summed E-state index contributed by atoms with van der Waals surface area (Å²) in [6.45, 7) is 17.3. The first kappa shape index (κ1) is 17.9. The van der Waals surface area contributed by atoms with E-state index in [0.717, 1.165) is 6.42 Å². The molecule has 1 heterocycles. The zero-order chi connectivity index (χ0) is 19.3. The second kappa shape index (κ2) is 6.27. The Balaban J connectivity index is 2.17. The molecule has 0 bridgehead atoms. The lowest BCUT2D eigenvalue weighted by Crippen LogP contribution is -2.25. The smallest absolute Gasteiger partial charge is 0.0508 e. The summed E-state index contributed by atoms with van der Waals surface area (Å²) in [4.78, 5) is 0. The number of hydrogen-bond donors (Lipinski definition) is 1. The number of allylic oxidation sites excluding steroid dienone is 5. The second-order valence-corrected chi connectivity index (χ2v) is 8.31. The molecular formula is C26H29N. The van der Waals surface area contributed by atoms with Crippen molar-refractivity contribution < 1.29 is 0 Å². The van der Waals surface area contributed by atoms with Crippen LogP contribution in [0, 0.1) is 0 Å². The number of anilines is 1. The first-order valence-electron chi connectivity index (χ1n) is 9.92. The van der Waals surface area contributed by atoms with Gasteiger partial charge >= 0.3 is 0 Å². The largest absolute Gasteiger partial charge is 0.378 e. The Kier molecular flexibility index (Phi) is 4.14. The van der Waals surface area contributed by atoms with Gasteiger partial charge in [0.15, 0.2) is 0 Å². The van der Waals surface area contributed by atoms with Crippen molar-refractivity contribution in [1.29, 1.82) is 0 Å². The van der Waals surface area contributed by atoms with Crippen LogP contribution in [0.4, 0.5) is 5.69 Å². The molecule has 0 saturated carbocycles. The normalized spacial score (nSPS) is 22.8. The monoisotopic (exact) mass is 355 g/mol. The molecule has 27 heavy (non-hydrogen) atoms. The molecule has 1 N–H and O–H groups in total. The predicted octanol–water partition coefficient (Wildman–Crippen LogP) is 7.12. The maximum absolute atomic E-state index is 4.21. The molecule has 0 aromatic heterocycles. The Morgan fingerprint density at radius 2 is 2.00 bits per heavy atom. The first-order valence-corrected chi connectivity index (χ1v) is 9.92. The molecular weight excluding hydrogens is 326 g/mol. The van der Waals surface area contributed by atoms with Crippen LogP contribution in [0.2, 0.25) is 0 Å². The molecule has 2 unspecified atom stereocenters. The fourth-order valence-corrected chi connectivity index (χ4v) is 5.13. The fourth-order valence-electron chi connectivity index (χ4n) is 5.13. The van der Waals surface area contributed by atoms with Gasteiger partial charge in [-0.15, -0.1) is 6.58 Å². The van der Waals surface area contributed by atoms with Crippen LogP contribution in [0.5, 0.6) is 0 Å². The lowest BCUT2D eigenvalue weighted by molar-refractivity contribution is 0.641. The highest BCUT2D eigenvalue weighted by atomic mass is 15.0. The first-order chi connectivity index (χ1) is 13.0. The molecule has 0 saturated heterocycles. The van der Waals surface area contributed by atoms with Crippen LogP contribution in [-0.2, 0) is 5.41 Å². The molecule has 0 spiro atoms. The van der Waals surface area contributed by atoms with Crippen molar-refractivity contribution >= 4 is 22.0 Å². The van der Waals surface area contributed by atoms with Crippen molar-refractivity contribution in [2.45, 2.75) is 51.5 Å². The molecule has 1 heteroatoms. The van der Waals surface area contributed by atoms with Gasteiger partial charge in [-0.1, -0.05) is 69.9 Å². The van der Waals surface area contributed by atoms with Crippen molar-refractivity contribution in [2.75, 3.05) is 5.32 Å². The van der Waals surface area contributed by atoms with E-state index in [2.05, 4.69) is 88.7 Å². The predicted molar refractivity (Wildman–Crippen MR) is 120 cm³/mol. The van der Waals surface area contributed by atoms with Gasteiger partial charge in [-0.3, -0.25) is 0 Å². The van der Waals surface area contributed by atoms with Gasteiger partial charge in [0.1, 0.15) is 0 Å². The van der Waals surface area contributed by atoms with E-state index in [-0.39, 0.29) is 11.5 Å². The Morgan fingerprint density at radius 1 is 1.22 bits per heavy atom. The molecule has 2 aliphatic rings. The SMILES string of the molecule is C=CC1=C(C/C=C\C)c2c3c(cc4cccc(c24)C1(C)C)NC(C=C)C3C. The van der Waals surface area contributed by atoms with E-state index in [4.69, 9.17) is 0 Å². The van der Waals surface area contributed by atoms with E-state index in [1.165, 1.54) is 44.3 Å². The lowest BCUT2D eigenvalue weighted by Gasteiger charge is -2.37. The Bertz CT molecular complexity index is 1020. The molecule has 1 nitrogen and oxygen atoms in total. The maximum atomic E-state index is 4.21. The van der Waals surface area contributed by atoms with Gasteiger partial charge in [0, 0.05) is 17.0 Å². The highest BCUT2D eigenvalue weighted by Crippen LogP contribution is 2.53. The van der Waals surface area contributed by atoms with Gasteiger partial charge in [0.25, 0.3) is 0 Å². The number of hydrogen-bond acceptors (Lipinski definition) is 1. The van der Waals surface area contributed by atoms with Gasteiger partial charge in [-0.2, -0.15) is 0 Å². The number of benzene rings is 2. The third kappa shape index (κ3) is 2.37. The average Bonchev–Trinajstić information content (AvgIpc) is 2.97. The van der Waals surface area contributed by atoms with Crippen LogP contribution < -0.4 is 5.32 Å². The minimum atomic E-state index is -0.0491. The Morgan fingerprint density at radius 3 is 2.67 bits per heavy atom. The van der Waals surface area contributed by atoms with E-state index in [0.29, 0.717) is 5.92 Å². The van der Waals surface area contributed by atoms with Crippen molar-refractivity contribution in [1.82, 2.24) is 0 Å². The molecule has 1 aliphatic carbocycles. The summed E-state index contributed by atoms with van der Waals surface area (Å²) in [6, 6.07) is 9.35. The zero-order valence-corrected chi connectivity index (χ0v) is 16.9. The third-order valence-corrected chi connectivity index (χ3v) is 6.51. The van der Waals surface area contributed by atoms with Crippen molar-refractivity contribution in [3.8, 4) is 0 Å². The quantitative estimate of drug-likeness (QED) is 0.576. The van der Waals surface area contributed by atoms with Crippen LogP contribution >= 0.6 is 0 Å². The zero-order valence-electron chi connectivity index (χ0n) is 16.9. The number of rotatable bonds is 4. The van der Waals surface area contributed by atoms with Gasteiger partial charge in [-0.05, 0) is 58.0 Å². The molecule has 0 radical (unpaired) electrons. The summed E-state index contributed by atoms with van der Waals surface area (Å²) in [5, 5.41) is 6.43. The van der Waals surface area contributed by atoms with E-state index >= 15 is 0 Å². The minimum absolute atomic E-state index is 0.0491. The number of fused-ring (bicyclic) bond motifs is 2. The molecule has 138 valence electrons. The molecule has 2 atom stereocenters. The summed E-state index contributed by atoms with van der Waals surface area (Å²) in [5.41, 5.74) is 8.26. The third-order valence-electron chi connectivity index (χ3n) is 6.51. The fraction of sp³-hybridized carbons (Fsp3) is 0.308. The van der Waals surface area contributed by atoms with Crippen LogP contribution in [0.25, 0.3) is 16.3 Å². The van der Waals surface area contributed by atoms with Crippen LogP contribution in [0.15, 0.2) is 67.3 Å². The van der Waals surface area contributed by atoms with Gasteiger partial charge in [-0.25, -0.2) is 0 Å². The summed E-state index contributed by atoms with van der Waals surface area (Å²) < 4.78 is 0. The Hall–Kier alpha value is -2.54. The van der Waals surface area contributed by atoms with Gasteiger partial charge in [0.2, 0.25) is 0 Å². The molecule has 2 aromatic carbocycles. The van der Waals surface area contributed by atoms with Crippen LogP contribution in [-0.4, -0.2) is 6.04 Å². The number of nitrogens with one attached hydrogen (secondary N) is 1. The van der Waals surface area contributed by atoms with E-state index in [9.17, 15) is 0 Å². The highest BCUT2D eigenvalue weighted by Gasteiger charge is 2.38. The summed E-state index contributed by atoms with van der Waals surface area (Å²) >= 11 is 0. The Labute approximate surface area is 163 Å². The average molecular weight is 356 g/mol.